The van der Waals surface area contributed by atoms with Crippen LogP contribution in [0.1, 0.15) is 12.8 Å². The number of rotatable bonds is 3. The molecule has 2 aliphatic heterocycles. The molecule has 2 saturated heterocycles. The van der Waals surface area contributed by atoms with Gasteiger partial charge in [0.2, 0.25) is 0 Å². The molecule has 0 unspecified atom stereocenters. The van der Waals surface area contributed by atoms with Gasteiger partial charge in [0, 0.05) is 43.4 Å². The average molecular weight is 360 g/mol. The van der Waals surface area contributed by atoms with Crippen LogP contribution >= 0.6 is 24.0 Å². The highest BCUT2D eigenvalue weighted by Gasteiger charge is 2.34. The van der Waals surface area contributed by atoms with Crippen molar-refractivity contribution >= 4 is 35.6 Å². The van der Waals surface area contributed by atoms with E-state index in [1.54, 1.807) is 0 Å². The van der Waals surface area contributed by atoms with E-state index in [1.807, 2.05) is 23.1 Å². The molecule has 2 atom stereocenters. The van der Waals surface area contributed by atoms with E-state index in [0.29, 0.717) is 6.54 Å². The predicted molar refractivity (Wildman–Crippen MR) is 94.4 cm³/mol. The standard InChI is InChI=1S/C16H22ClN3O2.ClH/c17-12-2-1-3-13(10-12)19-6-8-20(9-7-19)16(21)15-5-4-14(11-18)22-15;/h1-3,10,14-15H,4-9,11,18H2;1H/t14-,15+;/m1./s1. The topological polar surface area (TPSA) is 58.8 Å². The number of amides is 1. The molecule has 1 aromatic carbocycles. The van der Waals surface area contributed by atoms with Gasteiger partial charge in [0.25, 0.3) is 5.91 Å². The highest BCUT2D eigenvalue weighted by molar-refractivity contribution is 6.30. The molecule has 0 aromatic heterocycles. The number of nitrogens with two attached hydrogens (primary N) is 1. The Morgan fingerprint density at radius 3 is 2.61 bits per heavy atom. The van der Waals surface area contributed by atoms with Crippen molar-refractivity contribution in [3.8, 4) is 0 Å². The van der Waals surface area contributed by atoms with Crippen molar-refractivity contribution in [2.45, 2.75) is 25.0 Å². The Kier molecular flexibility index (Phi) is 6.53. The van der Waals surface area contributed by atoms with Gasteiger partial charge in [-0.15, -0.1) is 12.4 Å². The predicted octanol–water partition coefficient (Wildman–Crippen LogP) is 1.92. The second kappa shape index (κ2) is 8.20. The Labute approximate surface area is 148 Å². The number of piperazine rings is 1. The average Bonchev–Trinajstić information content (AvgIpc) is 3.03. The fraction of sp³-hybridized carbons (Fsp3) is 0.562. The number of benzene rings is 1. The van der Waals surface area contributed by atoms with Gasteiger partial charge in [0.15, 0.2) is 0 Å². The van der Waals surface area contributed by atoms with Crippen molar-refractivity contribution in [1.29, 1.82) is 0 Å². The Bertz CT molecular complexity index is 536. The number of hydrogen-bond acceptors (Lipinski definition) is 4. The van der Waals surface area contributed by atoms with Crippen LogP contribution in [0, 0.1) is 0 Å². The Hall–Kier alpha value is -1.01. The largest absolute Gasteiger partial charge is 0.368 e. The zero-order valence-electron chi connectivity index (χ0n) is 13.0. The molecule has 0 saturated carbocycles. The molecule has 1 amide bonds. The first kappa shape index (κ1) is 18.3. The van der Waals surface area contributed by atoms with Gasteiger partial charge in [0.1, 0.15) is 6.10 Å². The number of carbonyl (C=O) groups is 1. The van der Waals surface area contributed by atoms with Crippen LogP contribution in [0.2, 0.25) is 5.02 Å². The summed E-state index contributed by atoms with van der Waals surface area (Å²) in [5, 5.41) is 0.739. The van der Waals surface area contributed by atoms with E-state index in [9.17, 15) is 4.79 Å². The van der Waals surface area contributed by atoms with Gasteiger partial charge in [0.05, 0.1) is 6.10 Å². The van der Waals surface area contributed by atoms with Crippen LogP contribution in [0.25, 0.3) is 0 Å². The van der Waals surface area contributed by atoms with Gasteiger partial charge in [-0.3, -0.25) is 4.79 Å². The summed E-state index contributed by atoms with van der Waals surface area (Å²) in [6.07, 6.45) is 1.41. The smallest absolute Gasteiger partial charge is 0.251 e. The molecule has 3 rings (SSSR count). The summed E-state index contributed by atoms with van der Waals surface area (Å²) in [4.78, 5) is 16.6. The molecule has 2 heterocycles. The van der Waals surface area contributed by atoms with Crippen LogP contribution in [0.3, 0.4) is 0 Å². The molecule has 5 nitrogen and oxygen atoms in total. The Morgan fingerprint density at radius 2 is 2.00 bits per heavy atom. The minimum absolute atomic E-state index is 0. The summed E-state index contributed by atoms with van der Waals surface area (Å²) in [6.45, 7) is 3.57. The van der Waals surface area contributed by atoms with E-state index in [2.05, 4.69) is 11.0 Å². The lowest BCUT2D eigenvalue weighted by Gasteiger charge is -2.37. The SMILES string of the molecule is Cl.NC[C@H]1CC[C@@H](C(=O)N2CCN(c3cccc(Cl)c3)CC2)O1. The zero-order valence-corrected chi connectivity index (χ0v) is 14.6. The van der Waals surface area contributed by atoms with Crippen molar-refractivity contribution in [2.75, 3.05) is 37.6 Å². The summed E-state index contributed by atoms with van der Waals surface area (Å²) in [6, 6.07) is 7.84. The van der Waals surface area contributed by atoms with Crippen LogP contribution in [0.5, 0.6) is 0 Å². The van der Waals surface area contributed by atoms with Crippen LogP contribution in [-0.4, -0.2) is 55.7 Å². The Morgan fingerprint density at radius 1 is 1.26 bits per heavy atom. The molecule has 0 radical (unpaired) electrons. The maximum Gasteiger partial charge on any atom is 0.251 e. The molecule has 0 aliphatic carbocycles. The quantitative estimate of drug-likeness (QED) is 0.895. The zero-order chi connectivity index (χ0) is 15.5. The number of anilines is 1. The first-order chi connectivity index (χ1) is 10.7. The molecule has 2 N–H and O–H groups in total. The minimum Gasteiger partial charge on any atom is -0.368 e. The normalized spacial score (nSPS) is 24.4. The summed E-state index contributed by atoms with van der Waals surface area (Å²) >= 11 is 6.04. The fourth-order valence-corrected chi connectivity index (χ4v) is 3.31. The molecule has 23 heavy (non-hydrogen) atoms. The molecule has 7 heteroatoms. The van der Waals surface area contributed by atoms with Crippen molar-refractivity contribution in [2.24, 2.45) is 5.73 Å². The van der Waals surface area contributed by atoms with Crippen LogP contribution < -0.4 is 10.6 Å². The lowest BCUT2D eigenvalue weighted by molar-refractivity contribution is -0.143. The number of carbonyl (C=O) groups excluding carboxylic acids is 1. The molecule has 0 bridgehead atoms. The maximum absolute atomic E-state index is 12.5. The van der Waals surface area contributed by atoms with Crippen LogP contribution in [-0.2, 0) is 9.53 Å². The molecular weight excluding hydrogens is 337 g/mol. The number of hydrogen-bond donors (Lipinski definition) is 1. The maximum atomic E-state index is 12.5. The van der Waals surface area contributed by atoms with E-state index < -0.39 is 0 Å². The van der Waals surface area contributed by atoms with Gasteiger partial charge in [-0.05, 0) is 31.0 Å². The third-order valence-corrected chi connectivity index (χ3v) is 4.65. The second-order valence-electron chi connectivity index (χ2n) is 5.85. The molecular formula is C16H23Cl2N3O2. The highest BCUT2D eigenvalue weighted by atomic mass is 35.5. The number of ether oxygens (including phenoxy) is 1. The van der Waals surface area contributed by atoms with E-state index in [0.717, 1.165) is 49.7 Å². The van der Waals surface area contributed by atoms with Crippen molar-refractivity contribution < 1.29 is 9.53 Å². The molecule has 2 fully saturated rings. The van der Waals surface area contributed by atoms with Gasteiger partial charge < -0.3 is 20.3 Å². The van der Waals surface area contributed by atoms with Crippen molar-refractivity contribution in [1.82, 2.24) is 4.90 Å². The van der Waals surface area contributed by atoms with E-state index in [1.165, 1.54) is 0 Å². The molecule has 1 aromatic rings. The monoisotopic (exact) mass is 359 g/mol. The van der Waals surface area contributed by atoms with Crippen LogP contribution in [0.15, 0.2) is 24.3 Å². The number of nitrogens with zero attached hydrogens (tertiary/aromatic N) is 2. The first-order valence-electron chi connectivity index (χ1n) is 7.82. The van der Waals surface area contributed by atoms with Crippen molar-refractivity contribution in [3.63, 3.8) is 0 Å². The summed E-state index contributed by atoms with van der Waals surface area (Å²) in [5.74, 6) is 0.113. The molecule has 128 valence electrons. The minimum atomic E-state index is -0.300. The fourth-order valence-electron chi connectivity index (χ4n) is 3.12. The first-order valence-corrected chi connectivity index (χ1v) is 8.20. The van der Waals surface area contributed by atoms with Crippen molar-refractivity contribution in [3.05, 3.63) is 29.3 Å². The summed E-state index contributed by atoms with van der Waals surface area (Å²) in [7, 11) is 0. The van der Waals surface area contributed by atoms with Gasteiger partial charge >= 0.3 is 0 Å². The Balaban J connectivity index is 0.00000192. The van der Waals surface area contributed by atoms with E-state index >= 15 is 0 Å². The summed E-state index contributed by atoms with van der Waals surface area (Å²) in [5.41, 5.74) is 6.71. The molecule has 2 aliphatic rings. The van der Waals surface area contributed by atoms with E-state index in [4.69, 9.17) is 22.1 Å². The third-order valence-electron chi connectivity index (χ3n) is 4.41. The number of halogens is 2. The van der Waals surface area contributed by atoms with Gasteiger partial charge in [-0.2, -0.15) is 0 Å². The van der Waals surface area contributed by atoms with Gasteiger partial charge in [-0.25, -0.2) is 0 Å². The van der Waals surface area contributed by atoms with Crippen LogP contribution in [0.4, 0.5) is 5.69 Å². The lowest BCUT2D eigenvalue weighted by atomic mass is 10.1. The highest BCUT2D eigenvalue weighted by Crippen LogP contribution is 2.23. The molecule has 0 spiro atoms. The van der Waals surface area contributed by atoms with E-state index in [-0.39, 0.29) is 30.5 Å². The second-order valence-corrected chi connectivity index (χ2v) is 6.29. The lowest BCUT2D eigenvalue weighted by Crippen LogP contribution is -2.51. The summed E-state index contributed by atoms with van der Waals surface area (Å²) < 4.78 is 5.71. The van der Waals surface area contributed by atoms with Gasteiger partial charge in [-0.1, -0.05) is 17.7 Å². The third kappa shape index (κ3) is 4.29.